The highest BCUT2D eigenvalue weighted by atomic mass is 32.2. The van der Waals surface area contributed by atoms with Crippen LogP contribution in [0.1, 0.15) is 0 Å². The molecule has 1 aliphatic heterocycles. The van der Waals surface area contributed by atoms with E-state index in [-0.39, 0.29) is 29.4 Å². The van der Waals surface area contributed by atoms with Gasteiger partial charge in [-0.3, -0.25) is 19.2 Å². The van der Waals surface area contributed by atoms with Crippen molar-refractivity contribution < 1.29 is 27.5 Å². The van der Waals surface area contributed by atoms with E-state index in [0.29, 0.717) is 5.69 Å². The quantitative estimate of drug-likeness (QED) is 0.598. The molecule has 2 aromatic carbocycles. The molecule has 0 saturated heterocycles. The number of imide groups is 1. The second-order valence-corrected chi connectivity index (χ2v) is 7.52. The van der Waals surface area contributed by atoms with E-state index < -0.39 is 27.7 Å². The van der Waals surface area contributed by atoms with Crippen LogP contribution in [-0.2, 0) is 19.6 Å². The van der Waals surface area contributed by atoms with E-state index in [9.17, 15) is 22.4 Å². The van der Waals surface area contributed by atoms with Gasteiger partial charge in [0, 0.05) is 11.8 Å². The second kappa shape index (κ2) is 7.79. The molecule has 0 bridgehead atoms. The summed E-state index contributed by atoms with van der Waals surface area (Å²) in [6.07, 6.45) is 1.10. The number of nitrogens with one attached hydrogen (secondary N) is 2. The van der Waals surface area contributed by atoms with Gasteiger partial charge in [-0.05, 0) is 42.5 Å². The van der Waals surface area contributed by atoms with Crippen molar-refractivity contribution in [3.63, 3.8) is 0 Å². The number of anilines is 2. The van der Waals surface area contributed by atoms with Gasteiger partial charge < -0.3 is 10.4 Å². The molecule has 0 radical (unpaired) electrons. The minimum Gasteiger partial charge on any atom is -0.395 e. The van der Waals surface area contributed by atoms with Crippen molar-refractivity contribution >= 4 is 33.2 Å². The Morgan fingerprint density at radius 2 is 1.71 bits per heavy atom. The highest BCUT2D eigenvalue weighted by Gasteiger charge is 2.30. The Hall–Kier alpha value is -3.24. The average Bonchev–Trinajstić information content (AvgIpc) is 2.90. The Balaban J connectivity index is 1.76. The number of β-amino-alcohol motifs (C(OH)–C–C–N with tert-alkyl or cyclic N) is 1. The third-order valence-electron chi connectivity index (χ3n) is 3.85. The van der Waals surface area contributed by atoms with Gasteiger partial charge in [-0.15, -0.1) is 0 Å². The van der Waals surface area contributed by atoms with E-state index in [0.717, 1.165) is 35.2 Å². The van der Waals surface area contributed by atoms with Crippen LogP contribution in [0.3, 0.4) is 0 Å². The van der Waals surface area contributed by atoms with Crippen molar-refractivity contribution in [2.45, 2.75) is 4.90 Å². The van der Waals surface area contributed by atoms with E-state index in [4.69, 9.17) is 5.11 Å². The van der Waals surface area contributed by atoms with Gasteiger partial charge in [0.25, 0.3) is 21.8 Å². The molecule has 2 amide bonds. The normalized spacial score (nSPS) is 14.2. The lowest BCUT2D eigenvalue weighted by Crippen LogP contribution is -2.34. The summed E-state index contributed by atoms with van der Waals surface area (Å²) in [4.78, 5) is 24.7. The molecule has 10 heteroatoms. The highest BCUT2D eigenvalue weighted by molar-refractivity contribution is 7.92. The zero-order valence-electron chi connectivity index (χ0n) is 14.4. The summed E-state index contributed by atoms with van der Waals surface area (Å²) in [5.41, 5.74) is 0.591. The molecule has 0 atom stereocenters. The molecule has 0 aliphatic carbocycles. The van der Waals surface area contributed by atoms with Gasteiger partial charge >= 0.3 is 0 Å². The third-order valence-corrected chi connectivity index (χ3v) is 5.25. The number of carbonyl (C=O) groups is 2. The minimum atomic E-state index is -3.93. The topological polar surface area (TPSA) is 116 Å². The molecule has 8 nitrogen and oxygen atoms in total. The van der Waals surface area contributed by atoms with Gasteiger partial charge in [0.2, 0.25) is 0 Å². The standard InChI is InChI=1S/C18H16FN3O5S/c19-12-4-6-15(7-5-12)28(26,27)21-14-3-1-2-13(10-14)20-16-11-17(24)22(8-9-23)18(16)25/h1-7,10-11,20-21,23H,8-9H2. The maximum atomic E-state index is 13.0. The maximum Gasteiger partial charge on any atom is 0.277 e. The number of aliphatic hydroxyl groups is 1. The minimum absolute atomic E-state index is 0.0111. The van der Waals surface area contributed by atoms with Gasteiger partial charge in [-0.25, -0.2) is 12.8 Å². The molecule has 0 unspecified atom stereocenters. The lowest BCUT2D eigenvalue weighted by atomic mass is 10.2. The van der Waals surface area contributed by atoms with Crippen molar-refractivity contribution in [2.24, 2.45) is 0 Å². The fourth-order valence-corrected chi connectivity index (χ4v) is 3.60. The number of halogens is 1. The summed E-state index contributed by atoms with van der Waals surface area (Å²) in [6, 6.07) is 10.4. The van der Waals surface area contributed by atoms with E-state index in [2.05, 4.69) is 10.0 Å². The predicted molar refractivity (Wildman–Crippen MR) is 99.2 cm³/mol. The van der Waals surface area contributed by atoms with Crippen molar-refractivity contribution in [1.82, 2.24) is 4.90 Å². The summed E-state index contributed by atoms with van der Waals surface area (Å²) < 4.78 is 40.1. The molecule has 2 aromatic rings. The van der Waals surface area contributed by atoms with Crippen LogP contribution in [0, 0.1) is 5.82 Å². The van der Waals surface area contributed by atoms with E-state index in [1.54, 1.807) is 12.1 Å². The Morgan fingerprint density at radius 3 is 2.39 bits per heavy atom. The van der Waals surface area contributed by atoms with Crippen molar-refractivity contribution in [3.05, 3.63) is 66.1 Å². The van der Waals surface area contributed by atoms with Gasteiger partial charge in [0.15, 0.2) is 0 Å². The molecule has 1 heterocycles. The van der Waals surface area contributed by atoms with Crippen LogP contribution < -0.4 is 10.0 Å². The number of hydrogen-bond donors (Lipinski definition) is 3. The Labute approximate surface area is 160 Å². The number of carbonyl (C=O) groups excluding carboxylic acids is 2. The number of nitrogens with zero attached hydrogens (tertiary/aromatic N) is 1. The maximum absolute atomic E-state index is 13.0. The van der Waals surface area contributed by atoms with Crippen molar-refractivity contribution in [1.29, 1.82) is 0 Å². The summed E-state index contributed by atoms with van der Waals surface area (Å²) >= 11 is 0. The molecule has 3 N–H and O–H groups in total. The zero-order chi connectivity index (χ0) is 20.3. The number of sulfonamides is 1. The molecule has 0 fully saturated rings. The summed E-state index contributed by atoms with van der Waals surface area (Å²) in [5, 5.41) is 11.7. The van der Waals surface area contributed by atoms with E-state index >= 15 is 0 Å². The number of rotatable bonds is 7. The Morgan fingerprint density at radius 1 is 1.04 bits per heavy atom. The van der Waals surface area contributed by atoms with Crippen molar-refractivity contribution in [2.75, 3.05) is 23.2 Å². The summed E-state index contributed by atoms with van der Waals surface area (Å²) in [6.45, 7) is -0.462. The largest absolute Gasteiger partial charge is 0.395 e. The average molecular weight is 405 g/mol. The van der Waals surface area contributed by atoms with Gasteiger partial charge in [0.05, 0.1) is 23.7 Å². The molecular formula is C18H16FN3O5S. The first-order valence-electron chi connectivity index (χ1n) is 8.14. The lowest BCUT2D eigenvalue weighted by Gasteiger charge is -2.14. The van der Waals surface area contributed by atoms with Crippen LogP contribution in [0.15, 0.2) is 65.2 Å². The summed E-state index contributed by atoms with van der Waals surface area (Å²) in [7, 11) is -3.93. The predicted octanol–water partition coefficient (Wildman–Crippen LogP) is 1.28. The molecule has 0 saturated carbocycles. The van der Waals surface area contributed by atoms with Crippen molar-refractivity contribution in [3.8, 4) is 0 Å². The molecule has 0 aromatic heterocycles. The molecule has 3 rings (SSSR count). The number of aliphatic hydroxyl groups excluding tert-OH is 1. The van der Waals surface area contributed by atoms with E-state index in [1.165, 1.54) is 12.1 Å². The first kappa shape index (κ1) is 19.5. The van der Waals surface area contributed by atoms with Gasteiger partial charge in [-0.1, -0.05) is 6.07 Å². The lowest BCUT2D eigenvalue weighted by molar-refractivity contribution is -0.137. The van der Waals surface area contributed by atoms with Crippen LogP contribution in [-0.4, -0.2) is 43.4 Å². The smallest absolute Gasteiger partial charge is 0.277 e. The van der Waals surface area contributed by atoms with Crippen LogP contribution in [0.2, 0.25) is 0 Å². The summed E-state index contributed by atoms with van der Waals surface area (Å²) in [5.74, 6) is -1.68. The zero-order valence-corrected chi connectivity index (χ0v) is 15.2. The first-order chi connectivity index (χ1) is 13.3. The van der Waals surface area contributed by atoms with Crippen LogP contribution in [0.4, 0.5) is 15.8 Å². The van der Waals surface area contributed by atoms with Crippen LogP contribution in [0.5, 0.6) is 0 Å². The highest BCUT2D eigenvalue weighted by Crippen LogP contribution is 2.22. The van der Waals surface area contributed by atoms with Crippen LogP contribution in [0.25, 0.3) is 0 Å². The first-order valence-corrected chi connectivity index (χ1v) is 9.62. The fourth-order valence-electron chi connectivity index (χ4n) is 2.55. The SMILES string of the molecule is O=C1C=C(Nc2cccc(NS(=O)(=O)c3ccc(F)cc3)c2)C(=O)N1CCO. The molecule has 28 heavy (non-hydrogen) atoms. The fraction of sp³-hybridized carbons (Fsp3) is 0.111. The third kappa shape index (κ3) is 4.18. The number of benzene rings is 2. The van der Waals surface area contributed by atoms with Gasteiger partial charge in [0.1, 0.15) is 11.5 Å². The Kier molecular flexibility index (Phi) is 5.43. The molecule has 0 spiro atoms. The molecule has 1 aliphatic rings. The number of hydrogen-bond acceptors (Lipinski definition) is 6. The monoisotopic (exact) mass is 405 g/mol. The molecular weight excluding hydrogens is 389 g/mol. The van der Waals surface area contributed by atoms with E-state index in [1.807, 2.05) is 0 Å². The van der Waals surface area contributed by atoms with Gasteiger partial charge in [-0.2, -0.15) is 0 Å². The molecule has 146 valence electrons. The Bertz CT molecular complexity index is 1050. The van der Waals surface area contributed by atoms with Crippen LogP contribution >= 0.6 is 0 Å². The number of amides is 2. The second-order valence-electron chi connectivity index (χ2n) is 5.84.